The second-order valence-electron chi connectivity index (χ2n) is 10.7. The molecule has 1 aliphatic rings. The van der Waals surface area contributed by atoms with E-state index in [1.54, 1.807) is 23.9 Å². The summed E-state index contributed by atoms with van der Waals surface area (Å²) in [4.78, 5) is 32.3. The molecule has 0 bridgehead atoms. The van der Waals surface area contributed by atoms with E-state index in [0.717, 1.165) is 46.3 Å². The topological polar surface area (TPSA) is 110 Å². The van der Waals surface area contributed by atoms with Gasteiger partial charge in [0.15, 0.2) is 5.65 Å². The number of hydrogen-bond acceptors (Lipinski definition) is 8. The van der Waals surface area contributed by atoms with E-state index in [1.165, 1.54) is 23.3 Å². The van der Waals surface area contributed by atoms with Crippen LogP contribution in [0.5, 0.6) is 0 Å². The van der Waals surface area contributed by atoms with Crippen LogP contribution in [0, 0.1) is 17.0 Å². The molecule has 3 heterocycles. The SMILES string of the molecule is Cc1ccccc1Cn1c2ccccc2c2nnc(SCCCCC(=O)N3CCN(c4ccc([N+](=O)[O-])cc4)CC3)nc21. The number of non-ortho nitro benzene ring substituents is 1. The van der Waals surface area contributed by atoms with E-state index in [1.807, 2.05) is 17.0 Å². The lowest BCUT2D eigenvalue weighted by Gasteiger charge is -2.36. The van der Waals surface area contributed by atoms with Crippen LogP contribution in [0.15, 0.2) is 78.0 Å². The third-order valence-electron chi connectivity index (χ3n) is 8.02. The molecule has 1 fully saturated rings. The summed E-state index contributed by atoms with van der Waals surface area (Å²) in [5, 5.41) is 21.6. The molecule has 0 atom stereocenters. The second kappa shape index (κ2) is 12.8. The number of para-hydroxylation sites is 1. The molecule has 1 amide bonds. The number of aromatic nitrogens is 4. The summed E-state index contributed by atoms with van der Waals surface area (Å²) in [5.74, 6) is 0.986. The zero-order valence-corrected chi connectivity index (χ0v) is 24.9. The minimum absolute atomic E-state index is 0.0837. The van der Waals surface area contributed by atoms with Gasteiger partial charge in [-0.25, -0.2) is 4.98 Å². The van der Waals surface area contributed by atoms with E-state index in [2.05, 4.69) is 63.0 Å². The third kappa shape index (κ3) is 6.31. The number of carbonyl (C=O) groups excluding carboxylic acids is 1. The molecule has 0 unspecified atom stereocenters. The maximum Gasteiger partial charge on any atom is 0.269 e. The van der Waals surface area contributed by atoms with Crippen LogP contribution < -0.4 is 4.90 Å². The van der Waals surface area contributed by atoms with Crippen LogP contribution in [0.3, 0.4) is 0 Å². The van der Waals surface area contributed by atoms with Crippen molar-refractivity contribution in [2.24, 2.45) is 0 Å². The highest BCUT2D eigenvalue weighted by molar-refractivity contribution is 7.99. The van der Waals surface area contributed by atoms with Crippen molar-refractivity contribution in [2.75, 3.05) is 36.8 Å². The fraction of sp³-hybridized carbons (Fsp3) is 0.312. The van der Waals surface area contributed by atoms with Gasteiger partial charge in [0.05, 0.1) is 10.4 Å². The molecule has 11 heteroatoms. The number of carbonyl (C=O) groups is 1. The monoisotopic (exact) mass is 595 g/mol. The summed E-state index contributed by atoms with van der Waals surface area (Å²) in [6.07, 6.45) is 2.20. The minimum atomic E-state index is -0.394. The highest BCUT2D eigenvalue weighted by Gasteiger charge is 2.21. The van der Waals surface area contributed by atoms with Gasteiger partial charge in [-0.15, -0.1) is 10.2 Å². The Bertz CT molecular complexity index is 1760. The number of nitro benzene ring substituents is 1. The number of nitrogens with zero attached hydrogens (tertiary/aromatic N) is 7. The van der Waals surface area contributed by atoms with Crippen LogP contribution in [0.2, 0.25) is 0 Å². The van der Waals surface area contributed by atoms with E-state index in [-0.39, 0.29) is 11.6 Å². The zero-order chi connectivity index (χ0) is 29.8. The Morgan fingerprint density at radius 1 is 0.930 bits per heavy atom. The van der Waals surface area contributed by atoms with Crippen LogP contribution in [0.1, 0.15) is 30.4 Å². The van der Waals surface area contributed by atoms with Crippen molar-refractivity contribution in [1.29, 1.82) is 0 Å². The largest absolute Gasteiger partial charge is 0.368 e. The Hall–Kier alpha value is -4.51. The second-order valence-corrected chi connectivity index (χ2v) is 11.8. The first-order valence-corrected chi connectivity index (χ1v) is 15.5. The first-order chi connectivity index (χ1) is 21.0. The fourth-order valence-electron chi connectivity index (χ4n) is 5.57. The van der Waals surface area contributed by atoms with Crippen molar-refractivity contribution in [3.8, 4) is 0 Å². The van der Waals surface area contributed by atoms with Crippen molar-refractivity contribution < 1.29 is 9.72 Å². The van der Waals surface area contributed by atoms with Crippen molar-refractivity contribution in [3.05, 3.63) is 94.0 Å². The van der Waals surface area contributed by atoms with Crippen LogP contribution in [-0.2, 0) is 11.3 Å². The van der Waals surface area contributed by atoms with Gasteiger partial charge in [0.2, 0.25) is 11.1 Å². The molecule has 2 aromatic heterocycles. The van der Waals surface area contributed by atoms with Crippen LogP contribution >= 0.6 is 11.8 Å². The first kappa shape index (κ1) is 28.6. The number of unbranched alkanes of at least 4 members (excludes halogenated alkanes) is 1. The fourth-order valence-corrected chi connectivity index (χ4v) is 6.35. The van der Waals surface area contributed by atoms with Gasteiger partial charge in [-0.2, -0.15) is 0 Å². The molecule has 3 aromatic carbocycles. The van der Waals surface area contributed by atoms with E-state index in [4.69, 9.17) is 4.98 Å². The van der Waals surface area contributed by atoms with E-state index < -0.39 is 4.92 Å². The molecular weight excluding hydrogens is 562 g/mol. The smallest absolute Gasteiger partial charge is 0.269 e. The Morgan fingerprint density at radius 3 is 2.44 bits per heavy atom. The third-order valence-corrected chi connectivity index (χ3v) is 8.94. The van der Waals surface area contributed by atoms with E-state index in [0.29, 0.717) is 44.3 Å². The molecule has 1 saturated heterocycles. The molecule has 0 saturated carbocycles. The molecule has 10 nitrogen and oxygen atoms in total. The number of rotatable bonds is 10. The molecule has 220 valence electrons. The van der Waals surface area contributed by atoms with Gasteiger partial charge in [-0.05, 0) is 49.1 Å². The molecule has 43 heavy (non-hydrogen) atoms. The Morgan fingerprint density at radius 2 is 1.67 bits per heavy atom. The highest BCUT2D eigenvalue weighted by atomic mass is 32.2. The average Bonchev–Trinajstić information content (AvgIpc) is 3.34. The van der Waals surface area contributed by atoms with Gasteiger partial charge in [0.1, 0.15) is 5.52 Å². The minimum Gasteiger partial charge on any atom is -0.368 e. The van der Waals surface area contributed by atoms with Crippen molar-refractivity contribution in [3.63, 3.8) is 0 Å². The summed E-state index contributed by atoms with van der Waals surface area (Å²) >= 11 is 1.58. The normalized spacial score (nSPS) is 13.6. The first-order valence-electron chi connectivity index (χ1n) is 14.5. The number of piperazine rings is 1. The lowest BCUT2D eigenvalue weighted by atomic mass is 10.1. The molecule has 5 aromatic rings. The van der Waals surface area contributed by atoms with Crippen LogP contribution in [0.4, 0.5) is 11.4 Å². The molecule has 1 aliphatic heterocycles. The van der Waals surface area contributed by atoms with E-state index >= 15 is 0 Å². The van der Waals surface area contributed by atoms with Crippen molar-refractivity contribution in [1.82, 2.24) is 24.6 Å². The van der Waals surface area contributed by atoms with Gasteiger partial charge >= 0.3 is 0 Å². The van der Waals surface area contributed by atoms with Gasteiger partial charge in [-0.3, -0.25) is 14.9 Å². The van der Waals surface area contributed by atoms with Crippen LogP contribution in [0.25, 0.3) is 22.1 Å². The van der Waals surface area contributed by atoms with Gasteiger partial charge in [0, 0.05) is 68.1 Å². The van der Waals surface area contributed by atoms with E-state index in [9.17, 15) is 14.9 Å². The Labute approximate surface area is 253 Å². The quantitative estimate of drug-likeness (QED) is 0.0855. The molecule has 0 N–H and O–H groups in total. The Kier molecular flexibility index (Phi) is 8.50. The van der Waals surface area contributed by atoms with Crippen molar-refractivity contribution >= 4 is 51.1 Å². The highest BCUT2D eigenvalue weighted by Crippen LogP contribution is 2.29. The maximum atomic E-state index is 12.8. The number of hydrogen-bond donors (Lipinski definition) is 0. The molecule has 0 spiro atoms. The number of thioether (sulfide) groups is 1. The van der Waals surface area contributed by atoms with Gasteiger partial charge < -0.3 is 14.4 Å². The van der Waals surface area contributed by atoms with Gasteiger partial charge in [-0.1, -0.05) is 54.2 Å². The summed E-state index contributed by atoms with van der Waals surface area (Å²) in [6, 6.07) is 23.2. The molecular formula is C32H33N7O3S. The summed E-state index contributed by atoms with van der Waals surface area (Å²) < 4.78 is 2.23. The number of aryl methyl sites for hydroxylation is 1. The molecule has 0 aliphatic carbocycles. The predicted molar refractivity (Wildman–Crippen MR) is 170 cm³/mol. The number of amides is 1. The summed E-state index contributed by atoms with van der Waals surface area (Å²) in [6.45, 7) is 5.58. The zero-order valence-electron chi connectivity index (χ0n) is 24.1. The van der Waals surface area contributed by atoms with Gasteiger partial charge in [0.25, 0.3) is 5.69 Å². The molecule has 0 radical (unpaired) electrons. The predicted octanol–water partition coefficient (Wildman–Crippen LogP) is 5.86. The average molecular weight is 596 g/mol. The Balaban J connectivity index is 1.01. The lowest BCUT2D eigenvalue weighted by Crippen LogP contribution is -2.48. The molecule has 6 rings (SSSR count). The van der Waals surface area contributed by atoms with Crippen LogP contribution in [-0.4, -0.2) is 67.4 Å². The van der Waals surface area contributed by atoms with Crippen molar-refractivity contribution in [2.45, 2.75) is 37.9 Å². The number of benzene rings is 3. The summed E-state index contributed by atoms with van der Waals surface area (Å²) in [7, 11) is 0. The number of anilines is 1. The summed E-state index contributed by atoms with van der Waals surface area (Å²) in [5.41, 5.74) is 6.26. The standard InChI is InChI=1S/C32H33N7O3S/c1-23-8-2-3-9-24(23)22-38-28-11-5-4-10-27(28)30-31(38)33-32(35-34-30)43-21-7-6-12-29(40)37-19-17-36(18-20-37)25-13-15-26(16-14-25)39(41)42/h2-5,8-11,13-16H,6-7,12,17-22H2,1H3. The number of fused-ring (bicyclic) bond motifs is 3. The maximum absolute atomic E-state index is 12.8. The lowest BCUT2D eigenvalue weighted by molar-refractivity contribution is -0.384. The number of nitro groups is 1.